The van der Waals surface area contributed by atoms with Gasteiger partial charge in [-0.3, -0.25) is 4.79 Å². The summed E-state index contributed by atoms with van der Waals surface area (Å²) in [7, 11) is 0. The van der Waals surface area contributed by atoms with Gasteiger partial charge in [-0.25, -0.2) is 4.98 Å². The van der Waals surface area contributed by atoms with Gasteiger partial charge in [0.25, 0.3) is 5.56 Å². The first-order valence-electron chi connectivity index (χ1n) is 6.36. The van der Waals surface area contributed by atoms with Crippen LogP contribution in [0, 0.1) is 0 Å². The summed E-state index contributed by atoms with van der Waals surface area (Å²) in [5.74, 6) is 0.406. The Morgan fingerprint density at radius 3 is 2.78 bits per heavy atom. The third kappa shape index (κ3) is 4.14. The van der Waals surface area contributed by atoms with Gasteiger partial charge in [-0.2, -0.15) is 0 Å². The molecule has 0 atom stereocenters. The second-order valence-electron chi connectivity index (χ2n) is 5.10. The molecule has 0 bridgehead atoms. The molecule has 0 amide bonds. The summed E-state index contributed by atoms with van der Waals surface area (Å²) < 4.78 is 6.92. The highest BCUT2D eigenvalue weighted by Crippen LogP contribution is 2.10. The average molecular weight is 253 g/mol. The minimum absolute atomic E-state index is 0.0820. The normalized spacial score (nSPS) is 11.6. The van der Waals surface area contributed by atoms with Crippen LogP contribution >= 0.6 is 0 Å². The number of ether oxygens (including phenoxy) is 1. The Morgan fingerprint density at radius 1 is 1.44 bits per heavy atom. The molecule has 0 saturated heterocycles. The Morgan fingerprint density at radius 2 is 2.17 bits per heavy atom. The Balaban J connectivity index is 2.65. The number of rotatable bonds is 6. The first-order chi connectivity index (χ1) is 8.46. The predicted octanol–water partition coefficient (Wildman–Crippen LogP) is 1.84. The Kier molecular flexibility index (Phi) is 5.34. The molecule has 0 aromatic carbocycles. The molecule has 102 valence electrons. The van der Waals surface area contributed by atoms with Gasteiger partial charge in [-0.1, -0.05) is 0 Å². The Hall–Kier alpha value is -1.36. The topological polar surface area (TPSA) is 56.1 Å². The average Bonchev–Trinajstić information content (AvgIpc) is 2.29. The van der Waals surface area contributed by atoms with Crippen molar-refractivity contribution >= 4 is 5.82 Å². The SMILES string of the molecule is CCOCCCNc1nccn(C(C)(C)C)c1=O. The molecule has 0 aliphatic heterocycles. The molecule has 1 aromatic rings. The zero-order chi connectivity index (χ0) is 13.6. The maximum Gasteiger partial charge on any atom is 0.293 e. The summed E-state index contributed by atoms with van der Waals surface area (Å²) in [6.45, 7) is 10.1. The van der Waals surface area contributed by atoms with E-state index in [-0.39, 0.29) is 11.1 Å². The molecule has 5 nitrogen and oxygen atoms in total. The fraction of sp³-hybridized carbons (Fsp3) is 0.692. The van der Waals surface area contributed by atoms with E-state index in [4.69, 9.17) is 4.74 Å². The van der Waals surface area contributed by atoms with Gasteiger partial charge >= 0.3 is 0 Å². The van der Waals surface area contributed by atoms with Gasteiger partial charge < -0.3 is 14.6 Å². The lowest BCUT2D eigenvalue weighted by Crippen LogP contribution is -2.35. The summed E-state index contributed by atoms with van der Waals surface area (Å²) >= 11 is 0. The lowest BCUT2D eigenvalue weighted by molar-refractivity contribution is 0.147. The van der Waals surface area contributed by atoms with E-state index < -0.39 is 0 Å². The highest BCUT2D eigenvalue weighted by Gasteiger charge is 2.16. The predicted molar refractivity (Wildman–Crippen MR) is 73.1 cm³/mol. The minimum atomic E-state index is -0.234. The summed E-state index contributed by atoms with van der Waals surface area (Å²) in [4.78, 5) is 16.2. The molecule has 1 rings (SSSR count). The van der Waals surface area contributed by atoms with Gasteiger partial charge in [-0.15, -0.1) is 0 Å². The molecular weight excluding hydrogens is 230 g/mol. The molecular formula is C13H23N3O2. The molecule has 0 saturated carbocycles. The van der Waals surface area contributed by atoms with Gasteiger partial charge in [0.2, 0.25) is 0 Å². The van der Waals surface area contributed by atoms with Gasteiger partial charge in [0.15, 0.2) is 5.82 Å². The highest BCUT2D eigenvalue weighted by atomic mass is 16.5. The van der Waals surface area contributed by atoms with Crippen LogP contribution in [0.15, 0.2) is 17.2 Å². The van der Waals surface area contributed by atoms with E-state index in [9.17, 15) is 4.79 Å². The first kappa shape index (κ1) is 14.7. The summed E-state index contributed by atoms with van der Waals surface area (Å²) in [6.07, 6.45) is 4.23. The zero-order valence-electron chi connectivity index (χ0n) is 11.7. The molecule has 0 spiro atoms. The van der Waals surface area contributed by atoms with Crippen molar-refractivity contribution in [3.8, 4) is 0 Å². The van der Waals surface area contributed by atoms with Crippen molar-refractivity contribution in [2.75, 3.05) is 25.1 Å². The van der Waals surface area contributed by atoms with E-state index in [1.807, 2.05) is 27.7 Å². The monoisotopic (exact) mass is 253 g/mol. The summed E-state index contributed by atoms with van der Waals surface area (Å²) in [5.41, 5.74) is -0.316. The first-order valence-corrected chi connectivity index (χ1v) is 6.36. The second kappa shape index (κ2) is 6.54. The van der Waals surface area contributed by atoms with E-state index >= 15 is 0 Å². The lowest BCUT2D eigenvalue weighted by atomic mass is 10.1. The van der Waals surface area contributed by atoms with Crippen LogP contribution in [-0.4, -0.2) is 29.3 Å². The Labute approximate surface area is 108 Å². The minimum Gasteiger partial charge on any atom is -0.382 e. The highest BCUT2D eigenvalue weighted by molar-refractivity contribution is 5.30. The molecule has 1 heterocycles. The van der Waals surface area contributed by atoms with Crippen LogP contribution in [-0.2, 0) is 10.3 Å². The van der Waals surface area contributed by atoms with Crippen LogP contribution < -0.4 is 10.9 Å². The largest absolute Gasteiger partial charge is 0.382 e. The van der Waals surface area contributed by atoms with Crippen LogP contribution in [0.1, 0.15) is 34.1 Å². The number of nitrogens with one attached hydrogen (secondary N) is 1. The van der Waals surface area contributed by atoms with Crippen LogP contribution in [0.4, 0.5) is 5.82 Å². The van der Waals surface area contributed by atoms with Crippen LogP contribution in [0.25, 0.3) is 0 Å². The molecule has 5 heteroatoms. The molecule has 0 fully saturated rings. The van der Waals surface area contributed by atoms with Crippen molar-refractivity contribution in [2.45, 2.75) is 39.7 Å². The van der Waals surface area contributed by atoms with Crippen molar-refractivity contribution in [1.82, 2.24) is 9.55 Å². The third-order valence-corrected chi connectivity index (χ3v) is 2.53. The molecule has 18 heavy (non-hydrogen) atoms. The fourth-order valence-electron chi connectivity index (χ4n) is 1.59. The number of anilines is 1. The van der Waals surface area contributed by atoms with E-state index in [1.54, 1.807) is 17.0 Å². The standard InChI is InChI=1S/C13H23N3O2/c1-5-18-10-6-7-14-11-12(17)16(9-8-15-11)13(2,3)4/h8-9H,5-7,10H2,1-4H3,(H,14,15). The molecule has 1 aromatic heterocycles. The van der Waals surface area contributed by atoms with Gasteiger partial charge in [0.1, 0.15) is 0 Å². The van der Waals surface area contributed by atoms with Gasteiger partial charge in [-0.05, 0) is 34.1 Å². The molecule has 0 radical (unpaired) electrons. The zero-order valence-corrected chi connectivity index (χ0v) is 11.7. The van der Waals surface area contributed by atoms with E-state index in [1.165, 1.54) is 0 Å². The number of aromatic nitrogens is 2. The van der Waals surface area contributed by atoms with Gasteiger partial charge in [0, 0.05) is 37.7 Å². The van der Waals surface area contributed by atoms with Crippen molar-refractivity contribution < 1.29 is 4.74 Å². The van der Waals surface area contributed by atoms with Crippen molar-refractivity contribution in [1.29, 1.82) is 0 Å². The summed E-state index contributed by atoms with van der Waals surface area (Å²) in [6, 6.07) is 0. The third-order valence-electron chi connectivity index (χ3n) is 2.53. The molecule has 0 unspecified atom stereocenters. The summed E-state index contributed by atoms with van der Waals surface area (Å²) in [5, 5.41) is 3.06. The smallest absolute Gasteiger partial charge is 0.293 e. The van der Waals surface area contributed by atoms with E-state index in [0.29, 0.717) is 19.0 Å². The van der Waals surface area contributed by atoms with Crippen molar-refractivity contribution in [3.63, 3.8) is 0 Å². The van der Waals surface area contributed by atoms with Gasteiger partial charge in [0.05, 0.1) is 0 Å². The number of nitrogens with zero attached hydrogens (tertiary/aromatic N) is 2. The van der Waals surface area contributed by atoms with Crippen LogP contribution in [0.5, 0.6) is 0 Å². The molecule has 1 N–H and O–H groups in total. The Bertz CT molecular complexity index is 421. The molecule has 0 aliphatic carbocycles. The lowest BCUT2D eigenvalue weighted by Gasteiger charge is -2.22. The van der Waals surface area contributed by atoms with E-state index in [2.05, 4.69) is 10.3 Å². The fourth-order valence-corrected chi connectivity index (χ4v) is 1.59. The molecule has 0 aliphatic rings. The van der Waals surface area contributed by atoms with Crippen molar-refractivity contribution in [3.05, 3.63) is 22.7 Å². The number of hydrogen-bond donors (Lipinski definition) is 1. The maximum atomic E-state index is 12.1. The second-order valence-corrected chi connectivity index (χ2v) is 5.10. The van der Waals surface area contributed by atoms with E-state index in [0.717, 1.165) is 13.0 Å². The van der Waals surface area contributed by atoms with Crippen LogP contribution in [0.2, 0.25) is 0 Å². The number of hydrogen-bond acceptors (Lipinski definition) is 4. The van der Waals surface area contributed by atoms with Crippen molar-refractivity contribution in [2.24, 2.45) is 0 Å². The maximum absolute atomic E-state index is 12.1. The quantitative estimate of drug-likeness (QED) is 0.786. The van der Waals surface area contributed by atoms with Crippen LogP contribution in [0.3, 0.4) is 0 Å².